The second-order valence-corrected chi connectivity index (χ2v) is 13.5. The molecule has 4 rings (SSSR count). The SMILES string of the molecule is C/C(O)=C(\CONc1ccccc1)N=Nc1cc(S(=O)(=O)ON)ccc1O.CC(O)=C(N=Nc1cc(S(=O)(=O)ON)ccc1O)C(=O)Nc1ccccc1.[Co]. The van der Waals surface area contributed by atoms with Gasteiger partial charge in [-0.05, 0) is 74.5 Å². The molecule has 10 N–H and O–H groups in total. The molecule has 1 radical (unpaired) electrons. The number of nitrogens with zero attached hydrogens (tertiary/aromatic N) is 4. The molecule has 0 heterocycles. The van der Waals surface area contributed by atoms with Gasteiger partial charge in [0.05, 0.1) is 15.5 Å². The number of rotatable bonds is 14. The molecule has 1 amide bonds. The van der Waals surface area contributed by atoms with Crippen LogP contribution in [0.5, 0.6) is 11.5 Å². The van der Waals surface area contributed by atoms with Crippen molar-refractivity contribution in [2.75, 3.05) is 17.4 Å². The minimum Gasteiger partial charge on any atom is -0.511 e. The van der Waals surface area contributed by atoms with Crippen LogP contribution in [0, 0.1) is 0 Å². The predicted molar refractivity (Wildman–Crippen MR) is 192 cm³/mol. The number of nitrogens with one attached hydrogen (secondary N) is 2. The van der Waals surface area contributed by atoms with E-state index in [0.717, 1.165) is 36.4 Å². The number of para-hydroxylation sites is 2. The molecular formula is C32H34CoN8O12S2. The molecule has 0 atom stereocenters. The Morgan fingerprint density at radius 2 is 1.15 bits per heavy atom. The normalized spacial score (nSPS) is 12.5. The van der Waals surface area contributed by atoms with Crippen LogP contribution < -0.4 is 22.6 Å². The first-order chi connectivity index (χ1) is 25.6. The van der Waals surface area contributed by atoms with Gasteiger partial charge < -0.3 is 25.7 Å². The van der Waals surface area contributed by atoms with Crippen molar-refractivity contribution in [3.05, 3.63) is 120 Å². The van der Waals surface area contributed by atoms with Gasteiger partial charge in [-0.3, -0.25) is 15.1 Å². The molecule has 0 unspecified atom stereocenters. The van der Waals surface area contributed by atoms with Crippen LogP contribution >= 0.6 is 0 Å². The van der Waals surface area contributed by atoms with Gasteiger partial charge in [0.2, 0.25) is 0 Å². The first-order valence-corrected chi connectivity index (χ1v) is 17.7. The largest absolute Gasteiger partial charge is 0.511 e. The summed E-state index contributed by atoms with van der Waals surface area (Å²) in [5, 5.41) is 56.3. The molecule has 0 aliphatic rings. The van der Waals surface area contributed by atoms with E-state index >= 15 is 0 Å². The van der Waals surface area contributed by atoms with Crippen LogP contribution in [-0.2, 0) is 55.2 Å². The number of benzene rings is 4. The average molecular weight is 846 g/mol. The topological polar surface area (TPSA) is 319 Å². The summed E-state index contributed by atoms with van der Waals surface area (Å²) < 4.78 is 54.2. The molecular weight excluding hydrogens is 811 g/mol. The Morgan fingerprint density at radius 3 is 1.58 bits per heavy atom. The van der Waals surface area contributed by atoms with Crippen molar-refractivity contribution >= 4 is 48.9 Å². The van der Waals surface area contributed by atoms with Crippen LogP contribution in [0.25, 0.3) is 0 Å². The molecule has 0 saturated heterocycles. The smallest absolute Gasteiger partial charge is 0.312 e. The molecule has 23 heteroatoms. The molecule has 0 aliphatic carbocycles. The number of allylic oxidation sites excluding steroid dienone is 2. The maximum atomic E-state index is 12.3. The Bertz CT molecular complexity index is 2270. The Balaban J connectivity index is 0.000000373. The molecule has 20 nitrogen and oxygen atoms in total. The second-order valence-electron chi connectivity index (χ2n) is 10.3. The van der Waals surface area contributed by atoms with Crippen LogP contribution in [0.15, 0.2) is 150 Å². The Kier molecular flexibility index (Phi) is 17.5. The fourth-order valence-electron chi connectivity index (χ4n) is 3.70. The maximum absolute atomic E-state index is 12.3. The van der Waals surface area contributed by atoms with Crippen molar-refractivity contribution in [3.8, 4) is 11.5 Å². The Hall–Kier alpha value is -5.76. The zero-order chi connectivity index (χ0) is 39.9. The van der Waals surface area contributed by atoms with Crippen LogP contribution in [0.1, 0.15) is 13.8 Å². The van der Waals surface area contributed by atoms with Gasteiger partial charge in [-0.1, -0.05) is 36.4 Å². The summed E-state index contributed by atoms with van der Waals surface area (Å²) in [6.45, 7) is 2.45. The summed E-state index contributed by atoms with van der Waals surface area (Å²) in [6, 6.07) is 23.7. The predicted octanol–water partition coefficient (Wildman–Crippen LogP) is 5.37. The summed E-state index contributed by atoms with van der Waals surface area (Å²) in [4.78, 5) is 16.8. The number of amides is 1. The number of aromatic hydroxyl groups is 2. The number of carbonyl (C=O) groups is 1. The van der Waals surface area contributed by atoms with Gasteiger partial charge in [-0.15, -0.1) is 20.5 Å². The minimum absolute atomic E-state index is 0. The molecule has 4 aromatic rings. The van der Waals surface area contributed by atoms with E-state index in [2.05, 4.69) is 39.8 Å². The van der Waals surface area contributed by atoms with Gasteiger partial charge in [0.15, 0.2) is 5.70 Å². The van der Waals surface area contributed by atoms with Crippen molar-refractivity contribution in [1.82, 2.24) is 0 Å². The number of phenols is 2. The Labute approximate surface area is 324 Å². The van der Waals surface area contributed by atoms with E-state index in [4.69, 9.17) is 16.6 Å². The number of hydrogen-bond donors (Lipinski definition) is 8. The maximum Gasteiger partial charge on any atom is 0.312 e. The quantitative estimate of drug-likeness (QED) is 0.0342. The van der Waals surface area contributed by atoms with E-state index in [-0.39, 0.29) is 61.8 Å². The number of aliphatic hydroxyl groups excluding tert-OH is 2. The first-order valence-electron chi connectivity index (χ1n) is 14.9. The van der Waals surface area contributed by atoms with Crippen LogP contribution in [-0.4, -0.2) is 49.8 Å². The van der Waals surface area contributed by atoms with Gasteiger partial charge >= 0.3 is 20.2 Å². The van der Waals surface area contributed by atoms with Crippen LogP contribution in [0.4, 0.5) is 22.7 Å². The number of nitrogens with two attached hydrogens (primary N) is 2. The summed E-state index contributed by atoms with van der Waals surface area (Å²) in [7, 11) is -8.39. The number of azo groups is 2. The fourth-order valence-corrected chi connectivity index (χ4v) is 4.90. The van der Waals surface area contributed by atoms with Gasteiger partial charge in [0.1, 0.15) is 46.7 Å². The summed E-state index contributed by atoms with van der Waals surface area (Å²) >= 11 is 0. The zero-order valence-corrected chi connectivity index (χ0v) is 31.3. The van der Waals surface area contributed by atoms with Crippen molar-refractivity contribution < 1.29 is 72.2 Å². The van der Waals surface area contributed by atoms with Crippen LogP contribution in [0.3, 0.4) is 0 Å². The van der Waals surface area contributed by atoms with E-state index in [1.165, 1.54) is 13.8 Å². The molecule has 0 aromatic heterocycles. The van der Waals surface area contributed by atoms with E-state index in [1.807, 2.05) is 18.2 Å². The van der Waals surface area contributed by atoms with Gasteiger partial charge in [-0.25, -0.2) is 0 Å². The number of carbonyl (C=O) groups excluding carboxylic acids is 1. The van der Waals surface area contributed by atoms with E-state index < -0.39 is 43.3 Å². The third-order valence-electron chi connectivity index (χ3n) is 6.44. The number of aliphatic hydroxyl groups is 2. The van der Waals surface area contributed by atoms with E-state index in [0.29, 0.717) is 11.4 Å². The van der Waals surface area contributed by atoms with Gasteiger partial charge in [0.25, 0.3) is 5.91 Å². The molecule has 0 saturated carbocycles. The minimum atomic E-state index is -4.23. The van der Waals surface area contributed by atoms with E-state index in [1.54, 1.807) is 42.5 Å². The van der Waals surface area contributed by atoms with E-state index in [9.17, 15) is 42.1 Å². The summed E-state index contributed by atoms with van der Waals surface area (Å²) in [5.41, 5.74) is 3.02. The molecule has 0 aliphatic heterocycles. The van der Waals surface area contributed by atoms with Gasteiger partial charge in [-0.2, -0.15) is 37.2 Å². The standard InChI is InChI=1S/C16H18N4O6S.C16H16N4O6S.Co/c1-11(21)15(10-25-20-12-5-3-2-4-6-12)19-18-14-9-13(7-8-16(14)22)27(23,24)26-17;1-10(21)15(16(23)18-11-5-3-2-4-6-11)20-19-13-9-12(7-8-14(13)22)27(24,25)26-17;/h2-9,20-22H,10,17H2,1H3;2-9,21-22H,17H2,1H3,(H,18,23);/b15-11-,19-18?;;. The zero-order valence-electron chi connectivity index (χ0n) is 28.6. The molecule has 55 heavy (non-hydrogen) atoms. The molecule has 0 bridgehead atoms. The fraction of sp³-hybridized carbons (Fsp3) is 0.0938. The number of phenolic OH excluding ortho intramolecular Hbond substituents is 2. The second kappa shape index (κ2) is 21.2. The number of hydrogen-bond acceptors (Lipinski definition) is 19. The number of anilines is 2. The molecule has 0 spiro atoms. The first kappa shape index (κ1) is 45.4. The molecule has 0 fully saturated rings. The Morgan fingerprint density at radius 1 is 0.691 bits per heavy atom. The molecule has 4 aromatic carbocycles. The monoisotopic (exact) mass is 845 g/mol. The summed E-state index contributed by atoms with van der Waals surface area (Å²) in [5.74, 6) is 7.35. The third kappa shape index (κ3) is 13.9. The third-order valence-corrected chi connectivity index (χ3v) is 8.61. The van der Waals surface area contributed by atoms with Crippen molar-refractivity contribution in [2.45, 2.75) is 23.6 Å². The van der Waals surface area contributed by atoms with Crippen LogP contribution in [0.2, 0.25) is 0 Å². The van der Waals surface area contributed by atoms with Crippen molar-refractivity contribution in [2.24, 2.45) is 32.3 Å². The molecule has 295 valence electrons. The van der Waals surface area contributed by atoms with Crippen molar-refractivity contribution in [1.29, 1.82) is 0 Å². The average Bonchev–Trinajstić information content (AvgIpc) is 3.15. The summed E-state index contributed by atoms with van der Waals surface area (Å²) in [6.07, 6.45) is 0. The van der Waals surface area contributed by atoms with Gasteiger partial charge in [0, 0.05) is 22.5 Å². The van der Waals surface area contributed by atoms with Crippen molar-refractivity contribution in [3.63, 3.8) is 0 Å².